The Morgan fingerprint density at radius 3 is 2.37 bits per heavy atom. The molecule has 27 heavy (non-hydrogen) atoms. The molecule has 0 N–H and O–H groups in total. The first-order valence-electron chi connectivity index (χ1n) is 8.20. The fraction of sp³-hybridized carbons (Fsp3) is 0.316. The molecule has 0 saturated carbocycles. The van der Waals surface area contributed by atoms with Gasteiger partial charge in [-0.2, -0.15) is 18.1 Å². The van der Waals surface area contributed by atoms with E-state index in [4.69, 9.17) is 0 Å². The lowest BCUT2D eigenvalue weighted by atomic mass is 9.94. The fourth-order valence-corrected chi connectivity index (χ4v) is 3.47. The molecule has 3 rings (SSSR count). The summed E-state index contributed by atoms with van der Waals surface area (Å²) in [6, 6.07) is 10.8. The van der Waals surface area contributed by atoms with E-state index in [9.17, 15) is 22.5 Å². The van der Waals surface area contributed by atoms with Crippen LogP contribution in [0.5, 0.6) is 0 Å². The third kappa shape index (κ3) is 3.73. The summed E-state index contributed by atoms with van der Waals surface area (Å²) in [5.41, 5.74) is -0.950. The van der Waals surface area contributed by atoms with Gasteiger partial charge >= 0.3 is 6.18 Å². The summed E-state index contributed by atoms with van der Waals surface area (Å²) < 4.78 is 52.9. The van der Waals surface area contributed by atoms with Gasteiger partial charge in [-0.3, -0.25) is 4.79 Å². The van der Waals surface area contributed by atoms with Gasteiger partial charge in [-0.1, -0.05) is 40.2 Å². The van der Waals surface area contributed by atoms with Gasteiger partial charge in [0, 0.05) is 16.6 Å². The summed E-state index contributed by atoms with van der Waals surface area (Å²) in [7, 11) is 0. The molecule has 1 atom stereocenters. The van der Waals surface area contributed by atoms with E-state index in [1.807, 2.05) is 18.2 Å². The Balaban J connectivity index is 1.87. The Bertz CT molecular complexity index is 854. The largest absolute Gasteiger partial charge is 0.424 e. The minimum atomic E-state index is -4.90. The van der Waals surface area contributed by atoms with E-state index in [1.54, 1.807) is 4.90 Å². The van der Waals surface area contributed by atoms with Gasteiger partial charge in [0.2, 0.25) is 11.5 Å². The van der Waals surface area contributed by atoms with Gasteiger partial charge in [-0.15, -0.1) is 0 Å². The zero-order chi connectivity index (χ0) is 19.8. The first-order valence-corrected chi connectivity index (χ1v) is 8.99. The number of hydrogen-bond donors (Lipinski definition) is 0. The lowest BCUT2D eigenvalue weighted by Crippen LogP contribution is -2.40. The summed E-state index contributed by atoms with van der Waals surface area (Å²) in [6.45, 7) is 0.844. The Hall–Kier alpha value is -1.93. The molecular formula is C19H16BrF4NO2. The molecule has 144 valence electrons. The van der Waals surface area contributed by atoms with Crippen molar-refractivity contribution in [3.63, 3.8) is 0 Å². The monoisotopic (exact) mass is 445 g/mol. The van der Waals surface area contributed by atoms with Crippen LogP contribution < -0.4 is 4.90 Å². The average Bonchev–Trinajstić information content (AvgIpc) is 2.63. The minimum absolute atomic E-state index is 0.0545. The van der Waals surface area contributed by atoms with Crippen molar-refractivity contribution in [2.75, 3.05) is 4.90 Å². The highest BCUT2D eigenvalue weighted by Crippen LogP contribution is 2.42. The van der Waals surface area contributed by atoms with Gasteiger partial charge in [0.15, 0.2) is 0 Å². The molecule has 0 aliphatic carbocycles. The standard InChI is InChI=1S/C19H16BrF4NO2/c1-18(27-24,19(21,22)23)14-5-2-12(3-6-14)11-25-16-8-7-15(20)10-13(16)4-9-17(25)26/h2-3,5-8,10H,4,9,11H2,1H3. The van der Waals surface area contributed by atoms with Crippen molar-refractivity contribution < 1.29 is 27.4 Å². The van der Waals surface area contributed by atoms with E-state index in [0.29, 0.717) is 25.3 Å². The molecule has 0 saturated heterocycles. The highest BCUT2D eigenvalue weighted by atomic mass is 79.9. The number of nitrogens with zero attached hydrogens (tertiary/aromatic N) is 1. The van der Waals surface area contributed by atoms with Crippen molar-refractivity contribution in [1.29, 1.82) is 0 Å². The van der Waals surface area contributed by atoms with E-state index in [2.05, 4.69) is 20.9 Å². The molecule has 1 amide bonds. The average molecular weight is 446 g/mol. The molecule has 0 radical (unpaired) electrons. The molecule has 2 aromatic carbocycles. The van der Waals surface area contributed by atoms with Crippen molar-refractivity contribution in [2.45, 2.75) is 38.1 Å². The Morgan fingerprint density at radius 1 is 1.11 bits per heavy atom. The number of benzene rings is 2. The number of aryl methyl sites for hydroxylation is 1. The molecule has 1 unspecified atom stereocenters. The topological polar surface area (TPSA) is 29.5 Å². The quantitative estimate of drug-likeness (QED) is 0.572. The summed E-state index contributed by atoms with van der Waals surface area (Å²) >= 11 is 3.40. The predicted octanol–water partition coefficient (Wildman–Crippen LogP) is 5.61. The van der Waals surface area contributed by atoms with E-state index in [1.165, 1.54) is 24.3 Å². The summed E-state index contributed by atoms with van der Waals surface area (Å²) in [5, 5.41) is 0. The van der Waals surface area contributed by atoms with Crippen LogP contribution in [-0.4, -0.2) is 12.1 Å². The van der Waals surface area contributed by atoms with Crippen molar-refractivity contribution in [3.8, 4) is 0 Å². The van der Waals surface area contributed by atoms with Crippen LogP contribution in [0.15, 0.2) is 46.9 Å². The van der Waals surface area contributed by atoms with Crippen LogP contribution in [0.25, 0.3) is 0 Å². The van der Waals surface area contributed by atoms with Crippen molar-refractivity contribution in [1.82, 2.24) is 0 Å². The smallest absolute Gasteiger partial charge is 0.308 e. The van der Waals surface area contributed by atoms with E-state index >= 15 is 0 Å². The number of carbonyl (C=O) groups is 1. The summed E-state index contributed by atoms with van der Waals surface area (Å²) in [4.78, 5) is 17.2. The first kappa shape index (κ1) is 19.8. The summed E-state index contributed by atoms with van der Waals surface area (Å²) in [6.07, 6.45) is -3.90. The lowest BCUT2D eigenvalue weighted by Gasteiger charge is -2.30. The van der Waals surface area contributed by atoms with E-state index < -0.39 is 11.8 Å². The van der Waals surface area contributed by atoms with Gasteiger partial charge in [-0.25, -0.2) is 0 Å². The molecule has 0 aromatic heterocycles. The van der Waals surface area contributed by atoms with Crippen LogP contribution in [0.1, 0.15) is 30.0 Å². The second kappa shape index (κ2) is 7.24. The van der Waals surface area contributed by atoms with Gasteiger partial charge in [0.1, 0.15) is 0 Å². The second-order valence-corrected chi connectivity index (χ2v) is 7.47. The molecule has 1 aliphatic rings. The van der Waals surface area contributed by atoms with Crippen LogP contribution in [0.3, 0.4) is 0 Å². The first-order chi connectivity index (χ1) is 12.7. The number of halogens is 5. The third-order valence-electron chi connectivity index (χ3n) is 4.78. The van der Waals surface area contributed by atoms with Gasteiger partial charge in [0.25, 0.3) is 0 Å². The van der Waals surface area contributed by atoms with Gasteiger partial charge in [-0.05, 0) is 52.8 Å². The summed E-state index contributed by atoms with van der Waals surface area (Å²) in [5.74, 6) is -0.0545. The van der Waals surface area contributed by atoms with Crippen molar-refractivity contribution in [2.24, 2.45) is 0 Å². The molecule has 0 spiro atoms. The predicted molar refractivity (Wildman–Crippen MR) is 95.7 cm³/mol. The number of amides is 1. The zero-order valence-electron chi connectivity index (χ0n) is 14.3. The molecule has 0 fully saturated rings. The normalized spacial score (nSPS) is 16.8. The maximum absolute atomic E-state index is 13.1. The second-order valence-electron chi connectivity index (χ2n) is 6.56. The molecule has 2 aromatic rings. The number of alkyl halides is 3. The number of fused-ring (bicyclic) bond motifs is 1. The van der Waals surface area contributed by atoms with Crippen LogP contribution in [0.4, 0.5) is 23.4 Å². The van der Waals surface area contributed by atoms with Crippen LogP contribution >= 0.6 is 15.9 Å². The fourth-order valence-electron chi connectivity index (χ4n) is 3.06. The minimum Gasteiger partial charge on any atom is -0.308 e. The number of anilines is 1. The van der Waals surface area contributed by atoms with E-state index in [-0.39, 0.29) is 18.0 Å². The maximum atomic E-state index is 13.1. The van der Waals surface area contributed by atoms with Crippen LogP contribution in [-0.2, 0) is 28.3 Å². The SMILES string of the molecule is CC(OF)(c1ccc(CN2C(=O)CCc3cc(Br)ccc32)cc1)C(F)(F)F. The maximum Gasteiger partial charge on any atom is 0.424 e. The zero-order valence-corrected chi connectivity index (χ0v) is 15.9. The van der Waals surface area contributed by atoms with Crippen LogP contribution in [0.2, 0.25) is 0 Å². The van der Waals surface area contributed by atoms with E-state index in [0.717, 1.165) is 15.7 Å². The number of rotatable bonds is 4. The molecule has 1 aliphatic heterocycles. The molecule has 1 heterocycles. The molecule has 3 nitrogen and oxygen atoms in total. The van der Waals surface area contributed by atoms with Gasteiger partial charge < -0.3 is 4.90 Å². The van der Waals surface area contributed by atoms with Crippen molar-refractivity contribution in [3.05, 3.63) is 63.6 Å². The Kier molecular flexibility index (Phi) is 5.31. The highest BCUT2D eigenvalue weighted by molar-refractivity contribution is 9.10. The molecule has 0 bridgehead atoms. The molecular weight excluding hydrogens is 430 g/mol. The van der Waals surface area contributed by atoms with Gasteiger partial charge in [0.05, 0.1) is 6.54 Å². The number of hydrogen-bond acceptors (Lipinski definition) is 2. The third-order valence-corrected chi connectivity index (χ3v) is 5.28. The highest BCUT2D eigenvalue weighted by Gasteiger charge is 2.55. The van der Waals surface area contributed by atoms with Crippen molar-refractivity contribution >= 4 is 27.5 Å². The Morgan fingerprint density at radius 2 is 1.78 bits per heavy atom. The lowest BCUT2D eigenvalue weighted by molar-refractivity contribution is -0.353. The molecule has 8 heteroatoms. The number of carbonyl (C=O) groups excluding carboxylic acids is 1. The van der Waals surface area contributed by atoms with Crippen LogP contribution in [0, 0.1) is 0 Å². The Labute approximate surface area is 162 Å².